The topological polar surface area (TPSA) is 97.1 Å². The predicted molar refractivity (Wildman–Crippen MR) is 104 cm³/mol. The summed E-state index contributed by atoms with van der Waals surface area (Å²) in [5.41, 5.74) is 7.50. The number of nitrogens with two attached hydrogens (primary N) is 1. The fourth-order valence-corrected chi connectivity index (χ4v) is 2.54. The van der Waals surface area contributed by atoms with Crippen LogP contribution in [0.15, 0.2) is 42.6 Å². The number of carbonyl (C=O) groups excluding carboxylic acids is 2. The molecular formula is C20H26N4O2. The summed E-state index contributed by atoms with van der Waals surface area (Å²) < 4.78 is 0. The fourth-order valence-electron chi connectivity index (χ4n) is 2.54. The van der Waals surface area contributed by atoms with Crippen LogP contribution in [0.2, 0.25) is 0 Å². The average molecular weight is 354 g/mol. The zero-order valence-electron chi connectivity index (χ0n) is 15.3. The average Bonchev–Trinajstić information content (AvgIpc) is 2.64. The lowest BCUT2D eigenvalue weighted by Gasteiger charge is -2.13. The Balaban J connectivity index is 1.93. The number of amides is 2. The first-order valence-corrected chi connectivity index (χ1v) is 8.94. The van der Waals surface area contributed by atoms with Crippen LogP contribution in [-0.2, 0) is 0 Å². The van der Waals surface area contributed by atoms with E-state index in [1.54, 1.807) is 36.4 Å². The Morgan fingerprint density at radius 1 is 1.12 bits per heavy atom. The number of hydrogen-bond acceptors (Lipinski definition) is 4. The molecule has 26 heavy (non-hydrogen) atoms. The highest BCUT2D eigenvalue weighted by molar-refractivity contribution is 6.05. The van der Waals surface area contributed by atoms with Gasteiger partial charge in [-0.15, -0.1) is 0 Å². The number of hydrogen-bond donors (Lipinski definition) is 3. The van der Waals surface area contributed by atoms with Crippen LogP contribution in [0, 0.1) is 0 Å². The molecular weight excluding hydrogens is 328 g/mol. The maximum atomic E-state index is 12.3. The number of nitrogen functional groups attached to an aromatic ring is 1. The number of nitrogens with zero attached hydrogens (tertiary/aromatic N) is 1. The summed E-state index contributed by atoms with van der Waals surface area (Å²) in [4.78, 5) is 28.6. The van der Waals surface area contributed by atoms with Gasteiger partial charge >= 0.3 is 0 Å². The first kappa shape index (κ1) is 19.4. The van der Waals surface area contributed by atoms with E-state index in [0.29, 0.717) is 22.6 Å². The van der Waals surface area contributed by atoms with Crippen LogP contribution < -0.4 is 16.4 Å². The summed E-state index contributed by atoms with van der Waals surface area (Å²) in [5, 5.41) is 5.66. The third kappa shape index (κ3) is 5.58. The molecule has 1 unspecified atom stereocenters. The number of anilines is 2. The van der Waals surface area contributed by atoms with Gasteiger partial charge in [-0.2, -0.15) is 0 Å². The van der Waals surface area contributed by atoms with Crippen LogP contribution in [0.3, 0.4) is 0 Å². The number of rotatable bonds is 8. The van der Waals surface area contributed by atoms with Crippen LogP contribution in [0.5, 0.6) is 0 Å². The standard InChI is InChI=1S/C20H26N4O2/c1-3-4-5-8-14(2)23-20(26)18-12-11-15(13-22-18)19(25)24-17-10-7-6-9-16(17)21/h6-7,9-14H,3-5,8,21H2,1-2H3,(H,23,26)(H,24,25). The van der Waals surface area contributed by atoms with Gasteiger partial charge in [0.15, 0.2) is 0 Å². The fraction of sp³-hybridized carbons (Fsp3) is 0.350. The smallest absolute Gasteiger partial charge is 0.270 e. The summed E-state index contributed by atoms with van der Waals surface area (Å²) in [6, 6.07) is 10.3. The zero-order valence-corrected chi connectivity index (χ0v) is 15.3. The van der Waals surface area contributed by atoms with Crippen molar-refractivity contribution < 1.29 is 9.59 Å². The molecule has 4 N–H and O–H groups in total. The van der Waals surface area contributed by atoms with E-state index in [-0.39, 0.29) is 17.9 Å². The highest BCUT2D eigenvalue weighted by Crippen LogP contribution is 2.17. The molecule has 2 amide bonds. The van der Waals surface area contributed by atoms with E-state index in [1.807, 2.05) is 6.92 Å². The van der Waals surface area contributed by atoms with Crippen molar-refractivity contribution in [2.75, 3.05) is 11.1 Å². The van der Waals surface area contributed by atoms with E-state index < -0.39 is 0 Å². The molecule has 0 aliphatic heterocycles. The lowest BCUT2D eigenvalue weighted by atomic mass is 10.1. The van der Waals surface area contributed by atoms with E-state index in [1.165, 1.54) is 6.20 Å². The van der Waals surface area contributed by atoms with Crippen molar-refractivity contribution in [3.8, 4) is 0 Å². The highest BCUT2D eigenvalue weighted by atomic mass is 16.2. The predicted octanol–water partition coefficient (Wildman–Crippen LogP) is 3.61. The molecule has 1 aromatic heterocycles. The maximum Gasteiger partial charge on any atom is 0.270 e. The Kier molecular flexibility index (Phi) is 7.14. The normalized spacial score (nSPS) is 11.6. The number of para-hydroxylation sites is 2. The van der Waals surface area contributed by atoms with Gasteiger partial charge in [0.2, 0.25) is 0 Å². The molecule has 0 radical (unpaired) electrons. The van der Waals surface area contributed by atoms with E-state index in [2.05, 4.69) is 22.5 Å². The maximum absolute atomic E-state index is 12.3. The molecule has 2 aromatic rings. The third-order valence-corrected chi connectivity index (χ3v) is 4.09. The Bertz CT molecular complexity index is 744. The van der Waals surface area contributed by atoms with Crippen LogP contribution in [0.25, 0.3) is 0 Å². The summed E-state index contributed by atoms with van der Waals surface area (Å²) in [5.74, 6) is -0.552. The van der Waals surface area contributed by atoms with Crippen LogP contribution in [-0.4, -0.2) is 22.8 Å². The van der Waals surface area contributed by atoms with Crippen molar-refractivity contribution in [1.29, 1.82) is 0 Å². The molecule has 138 valence electrons. The molecule has 0 saturated heterocycles. The molecule has 1 atom stereocenters. The highest BCUT2D eigenvalue weighted by Gasteiger charge is 2.13. The minimum Gasteiger partial charge on any atom is -0.397 e. The Morgan fingerprint density at radius 3 is 2.54 bits per heavy atom. The summed E-state index contributed by atoms with van der Waals surface area (Å²) in [6.45, 7) is 4.14. The van der Waals surface area contributed by atoms with Crippen molar-refractivity contribution in [2.24, 2.45) is 0 Å². The van der Waals surface area contributed by atoms with Gasteiger partial charge in [0.1, 0.15) is 5.69 Å². The van der Waals surface area contributed by atoms with Gasteiger partial charge < -0.3 is 16.4 Å². The number of benzene rings is 1. The third-order valence-electron chi connectivity index (χ3n) is 4.09. The molecule has 0 spiro atoms. The first-order chi connectivity index (χ1) is 12.5. The molecule has 1 heterocycles. The molecule has 6 nitrogen and oxygen atoms in total. The Labute approximate surface area is 154 Å². The van der Waals surface area contributed by atoms with E-state index >= 15 is 0 Å². The largest absolute Gasteiger partial charge is 0.397 e. The van der Waals surface area contributed by atoms with Crippen molar-refractivity contribution in [1.82, 2.24) is 10.3 Å². The zero-order chi connectivity index (χ0) is 18.9. The Morgan fingerprint density at radius 2 is 1.88 bits per heavy atom. The molecule has 0 bridgehead atoms. The van der Waals surface area contributed by atoms with Gasteiger partial charge in [0, 0.05) is 12.2 Å². The van der Waals surface area contributed by atoms with Gasteiger partial charge in [-0.25, -0.2) is 0 Å². The molecule has 2 rings (SSSR count). The second-order valence-electron chi connectivity index (χ2n) is 6.34. The number of unbranched alkanes of at least 4 members (excludes halogenated alkanes) is 2. The SMILES string of the molecule is CCCCCC(C)NC(=O)c1ccc(C(=O)Nc2ccccc2N)cn1. The lowest BCUT2D eigenvalue weighted by Crippen LogP contribution is -2.33. The molecule has 1 aromatic carbocycles. The molecule has 0 fully saturated rings. The van der Waals surface area contributed by atoms with Crippen molar-refractivity contribution in [3.63, 3.8) is 0 Å². The minimum absolute atomic E-state index is 0.0971. The van der Waals surface area contributed by atoms with Crippen LogP contribution >= 0.6 is 0 Å². The number of nitrogens with one attached hydrogen (secondary N) is 2. The van der Waals surface area contributed by atoms with Crippen molar-refractivity contribution in [2.45, 2.75) is 45.6 Å². The van der Waals surface area contributed by atoms with Crippen molar-refractivity contribution >= 4 is 23.2 Å². The molecule has 0 saturated carbocycles. The van der Waals surface area contributed by atoms with Gasteiger partial charge in [-0.3, -0.25) is 14.6 Å². The van der Waals surface area contributed by atoms with Crippen LogP contribution in [0.1, 0.15) is 60.4 Å². The summed E-state index contributed by atoms with van der Waals surface area (Å²) >= 11 is 0. The Hall–Kier alpha value is -2.89. The first-order valence-electron chi connectivity index (χ1n) is 8.94. The number of pyridine rings is 1. The van der Waals surface area contributed by atoms with Gasteiger partial charge in [-0.05, 0) is 37.6 Å². The molecule has 6 heteroatoms. The van der Waals surface area contributed by atoms with Gasteiger partial charge in [0.05, 0.1) is 16.9 Å². The van der Waals surface area contributed by atoms with Gasteiger partial charge in [-0.1, -0.05) is 38.3 Å². The summed E-state index contributed by atoms with van der Waals surface area (Å²) in [6.07, 6.45) is 5.74. The second-order valence-corrected chi connectivity index (χ2v) is 6.34. The van der Waals surface area contributed by atoms with Crippen LogP contribution in [0.4, 0.5) is 11.4 Å². The minimum atomic E-state index is -0.324. The monoisotopic (exact) mass is 354 g/mol. The summed E-state index contributed by atoms with van der Waals surface area (Å²) in [7, 11) is 0. The number of aromatic nitrogens is 1. The van der Waals surface area contributed by atoms with Crippen molar-refractivity contribution in [3.05, 3.63) is 53.9 Å². The van der Waals surface area contributed by atoms with Gasteiger partial charge in [0.25, 0.3) is 11.8 Å². The molecule has 0 aliphatic carbocycles. The second kappa shape index (κ2) is 9.56. The van der Waals surface area contributed by atoms with E-state index in [0.717, 1.165) is 25.7 Å². The number of carbonyl (C=O) groups is 2. The molecule has 0 aliphatic rings. The quantitative estimate of drug-likeness (QED) is 0.498. The lowest BCUT2D eigenvalue weighted by molar-refractivity contribution is 0.0931. The van der Waals surface area contributed by atoms with E-state index in [4.69, 9.17) is 5.73 Å². The van der Waals surface area contributed by atoms with E-state index in [9.17, 15) is 9.59 Å².